The fourth-order valence-electron chi connectivity index (χ4n) is 2.16. The predicted octanol–water partition coefficient (Wildman–Crippen LogP) is -1.63. The Kier molecular flexibility index (Phi) is 4.26. The molecule has 16 heavy (non-hydrogen) atoms. The lowest BCUT2D eigenvalue weighted by atomic mass is 10.1. The minimum atomic E-state index is -0.828. The minimum Gasteiger partial charge on any atom is -0.396 e. The molecule has 0 aromatic rings. The number of rotatable bonds is 3. The predicted molar refractivity (Wildman–Crippen MR) is 56.4 cm³/mol. The Bertz CT molecular complexity index is 282. The van der Waals surface area contributed by atoms with Gasteiger partial charge in [-0.1, -0.05) is 0 Å². The minimum absolute atomic E-state index is 0.159. The third kappa shape index (κ3) is 2.93. The van der Waals surface area contributed by atoms with Crippen molar-refractivity contribution in [2.45, 2.75) is 38.5 Å². The van der Waals surface area contributed by atoms with Crippen molar-refractivity contribution in [1.82, 2.24) is 10.6 Å². The van der Waals surface area contributed by atoms with Crippen LogP contribution in [0.4, 0.5) is 0 Å². The monoisotopic (exact) mass is 230 g/mol. The molecule has 0 aliphatic heterocycles. The van der Waals surface area contributed by atoms with Crippen LogP contribution >= 0.6 is 0 Å². The Hall–Kier alpha value is -1.14. The average molecular weight is 230 g/mol. The summed E-state index contributed by atoms with van der Waals surface area (Å²) in [5, 5.41) is 24.2. The van der Waals surface area contributed by atoms with E-state index >= 15 is 0 Å². The number of amides is 2. The van der Waals surface area contributed by atoms with E-state index in [-0.39, 0.29) is 30.4 Å². The van der Waals surface area contributed by atoms with E-state index in [1.165, 1.54) is 13.8 Å². The Balaban J connectivity index is 2.72. The number of hydrogen-bond acceptors (Lipinski definition) is 4. The van der Waals surface area contributed by atoms with Gasteiger partial charge in [0.1, 0.15) is 0 Å². The van der Waals surface area contributed by atoms with Gasteiger partial charge in [-0.05, 0) is 6.42 Å². The van der Waals surface area contributed by atoms with Gasteiger partial charge in [0.05, 0.1) is 18.2 Å². The van der Waals surface area contributed by atoms with E-state index in [2.05, 4.69) is 10.6 Å². The van der Waals surface area contributed by atoms with Crippen molar-refractivity contribution in [2.24, 2.45) is 5.92 Å². The van der Waals surface area contributed by atoms with Crippen LogP contribution in [-0.2, 0) is 9.59 Å². The highest BCUT2D eigenvalue weighted by Crippen LogP contribution is 2.26. The Labute approximate surface area is 94.0 Å². The van der Waals surface area contributed by atoms with Gasteiger partial charge in [0, 0.05) is 26.4 Å². The van der Waals surface area contributed by atoms with E-state index in [4.69, 9.17) is 5.11 Å². The summed E-state index contributed by atoms with van der Waals surface area (Å²) in [6, 6.07) is -0.855. The first-order valence-corrected chi connectivity index (χ1v) is 5.28. The number of carbonyl (C=O) groups excluding carboxylic acids is 2. The van der Waals surface area contributed by atoms with Gasteiger partial charge in [-0.3, -0.25) is 9.59 Å². The number of aliphatic hydroxyl groups is 2. The molecule has 0 bridgehead atoms. The Morgan fingerprint density at radius 1 is 1.25 bits per heavy atom. The number of aliphatic hydroxyl groups excluding tert-OH is 2. The molecule has 0 heterocycles. The lowest BCUT2D eigenvalue weighted by molar-refractivity contribution is -0.122. The molecule has 6 nitrogen and oxygen atoms in total. The van der Waals surface area contributed by atoms with Gasteiger partial charge in [0.25, 0.3) is 0 Å². The Morgan fingerprint density at radius 2 is 1.81 bits per heavy atom. The molecule has 92 valence electrons. The molecule has 4 atom stereocenters. The molecule has 0 saturated heterocycles. The molecule has 1 aliphatic rings. The van der Waals surface area contributed by atoms with Gasteiger partial charge in [-0.2, -0.15) is 0 Å². The van der Waals surface area contributed by atoms with E-state index < -0.39 is 12.1 Å². The van der Waals surface area contributed by atoms with Crippen molar-refractivity contribution in [3.05, 3.63) is 0 Å². The number of carbonyl (C=O) groups is 2. The molecule has 1 fully saturated rings. The van der Waals surface area contributed by atoms with Crippen molar-refractivity contribution >= 4 is 11.8 Å². The standard InChI is InChI=1S/C10H18N2O4/c1-5(14)11-8-3-7(4-13)10(16)9(8)12-6(2)15/h7-10,13,16H,3-4H2,1-2H3,(H,11,14)(H,12,15)/t7-,8-,9-,10-/m0/s1. The molecular formula is C10H18N2O4. The SMILES string of the molecule is CC(=O)N[C@@H]1[C@@H](O)[C@H](CO)C[C@@H]1NC(C)=O. The summed E-state index contributed by atoms with van der Waals surface area (Å²) in [5.74, 6) is -0.794. The highest BCUT2D eigenvalue weighted by Gasteiger charge is 2.42. The third-order valence-corrected chi connectivity index (χ3v) is 2.83. The summed E-state index contributed by atoms with van der Waals surface area (Å²) >= 11 is 0. The maximum absolute atomic E-state index is 11.0. The molecule has 0 aromatic carbocycles. The zero-order valence-corrected chi connectivity index (χ0v) is 9.43. The van der Waals surface area contributed by atoms with E-state index in [1.807, 2.05) is 0 Å². The summed E-state index contributed by atoms with van der Waals surface area (Å²) < 4.78 is 0. The molecule has 2 amide bonds. The summed E-state index contributed by atoms with van der Waals surface area (Å²) in [6.45, 7) is 2.57. The van der Waals surface area contributed by atoms with Gasteiger partial charge in [0.2, 0.25) is 11.8 Å². The largest absolute Gasteiger partial charge is 0.396 e. The molecule has 0 radical (unpaired) electrons. The van der Waals surface area contributed by atoms with Crippen LogP contribution in [0.5, 0.6) is 0 Å². The van der Waals surface area contributed by atoms with E-state index in [9.17, 15) is 14.7 Å². The molecule has 1 saturated carbocycles. The molecule has 1 aliphatic carbocycles. The van der Waals surface area contributed by atoms with E-state index in [1.54, 1.807) is 0 Å². The van der Waals surface area contributed by atoms with Crippen molar-refractivity contribution < 1.29 is 19.8 Å². The highest BCUT2D eigenvalue weighted by atomic mass is 16.3. The van der Waals surface area contributed by atoms with Crippen LogP contribution in [0.2, 0.25) is 0 Å². The summed E-state index contributed by atoms with van der Waals surface area (Å²) in [7, 11) is 0. The summed E-state index contributed by atoms with van der Waals surface area (Å²) in [4.78, 5) is 21.9. The van der Waals surface area contributed by atoms with Crippen LogP contribution in [0, 0.1) is 5.92 Å². The molecule has 4 N–H and O–H groups in total. The zero-order chi connectivity index (χ0) is 12.3. The van der Waals surface area contributed by atoms with Crippen LogP contribution in [0.1, 0.15) is 20.3 Å². The second-order valence-electron chi connectivity index (χ2n) is 4.20. The van der Waals surface area contributed by atoms with Crippen molar-refractivity contribution in [2.75, 3.05) is 6.61 Å². The first-order chi connectivity index (χ1) is 7.45. The van der Waals surface area contributed by atoms with Crippen LogP contribution in [0.3, 0.4) is 0 Å². The molecular weight excluding hydrogens is 212 g/mol. The van der Waals surface area contributed by atoms with Crippen LogP contribution in [0.25, 0.3) is 0 Å². The summed E-state index contributed by atoms with van der Waals surface area (Å²) in [6.07, 6.45) is -0.368. The van der Waals surface area contributed by atoms with Gasteiger partial charge < -0.3 is 20.8 Å². The van der Waals surface area contributed by atoms with Gasteiger partial charge in [-0.15, -0.1) is 0 Å². The lowest BCUT2D eigenvalue weighted by Gasteiger charge is -2.23. The molecule has 1 rings (SSSR count). The first kappa shape index (κ1) is 12.9. The fourth-order valence-corrected chi connectivity index (χ4v) is 2.16. The maximum atomic E-state index is 11.0. The van der Waals surface area contributed by atoms with Crippen molar-refractivity contribution in [3.8, 4) is 0 Å². The fraction of sp³-hybridized carbons (Fsp3) is 0.800. The zero-order valence-electron chi connectivity index (χ0n) is 9.43. The van der Waals surface area contributed by atoms with Crippen molar-refractivity contribution in [1.29, 1.82) is 0 Å². The smallest absolute Gasteiger partial charge is 0.217 e. The third-order valence-electron chi connectivity index (χ3n) is 2.83. The first-order valence-electron chi connectivity index (χ1n) is 5.28. The molecule has 0 spiro atoms. The van der Waals surface area contributed by atoms with Gasteiger partial charge in [-0.25, -0.2) is 0 Å². The van der Waals surface area contributed by atoms with Gasteiger partial charge in [0.15, 0.2) is 0 Å². The second-order valence-corrected chi connectivity index (χ2v) is 4.20. The lowest BCUT2D eigenvalue weighted by Crippen LogP contribution is -2.52. The van der Waals surface area contributed by atoms with E-state index in [0.29, 0.717) is 6.42 Å². The van der Waals surface area contributed by atoms with Crippen molar-refractivity contribution in [3.63, 3.8) is 0 Å². The Morgan fingerprint density at radius 3 is 2.25 bits per heavy atom. The number of nitrogens with one attached hydrogen (secondary N) is 2. The average Bonchev–Trinajstić information content (AvgIpc) is 2.44. The molecule has 0 aromatic heterocycles. The highest BCUT2D eigenvalue weighted by molar-refractivity contribution is 5.75. The quantitative estimate of drug-likeness (QED) is 0.468. The summed E-state index contributed by atoms with van der Waals surface area (Å²) in [5.41, 5.74) is 0. The molecule has 0 unspecified atom stereocenters. The normalized spacial score (nSPS) is 33.5. The van der Waals surface area contributed by atoms with Crippen LogP contribution < -0.4 is 10.6 Å². The second kappa shape index (κ2) is 5.27. The van der Waals surface area contributed by atoms with Gasteiger partial charge >= 0.3 is 0 Å². The maximum Gasteiger partial charge on any atom is 0.217 e. The number of hydrogen-bond donors (Lipinski definition) is 4. The molecule has 6 heteroatoms. The topological polar surface area (TPSA) is 98.7 Å². The van der Waals surface area contributed by atoms with Crippen LogP contribution in [-0.4, -0.2) is 46.8 Å². The van der Waals surface area contributed by atoms with Crippen LogP contribution in [0.15, 0.2) is 0 Å². The van der Waals surface area contributed by atoms with E-state index in [0.717, 1.165) is 0 Å².